The van der Waals surface area contributed by atoms with Gasteiger partial charge in [0.15, 0.2) is 0 Å². The molecule has 1 rings (SSSR count). The summed E-state index contributed by atoms with van der Waals surface area (Å²) in [6.07, 6.45) is 0. The number of amides is 1. The van der Waals surface area contributed by atoms with Gasteiger partial charge in [-0.05, 0) is 56.7 Å². The number of nitrogens with one attached hydrogen (secondary N) is 1. The zero-order valence-corrected chi connectivity index (χ0v) is 10.1. The zero-order chi connectivity index (χ0) is 9.14. The summed E-state index contributed by atoms with van der Waals surface area (Å²) in [5.41, 5.74) is 0.671. The molecule has 0 heterocycles. The Labute approximate surface area is 93.0 Å². The lowest BCUT2D eigenvalue weighted by atomic mass is 10.2. The van der Waals surface area contributed by atoms with Crippen LogP contribution in [0, 0.1) is 3.57 Å². The molecule has 2 nitrogen and oxygen atoms in total. The van der Waals surface area contributed by atoms with Crippen molar-refractivity contribution < 1.29 is 4.79 Å². The van der Waals surface area contributed by atoms with E-state index in [-0.39, 0.29) is 5.91 Å². The molecule has 0 aliphatic carbocycles. The first-order valence-electron chi connectivity index (χ1n) is 3.32. The lowest BCUT2D eigenvalue weighted by Crippen LogP contribution is -2.17. The number of halogens is 2. The Morgan fingerprint density at radius 1 is 1.58 bits per heavy atom. The van der Waals surface area contributed by atoms with E-state index in [0.717, 1.165) is 8.04 Å². The molecule has 0 saturated carbocycles. The Morgan fingerprint density at radius 2 is 2.25 bits per heavy atom. The van der Waals surface area contributed by atoms with Crippen molar-refractivity contribution in [2.24, 2.45) is 0 Å². The van der Waals surface area contributed by atoms with Gasteiger partial charge < -0.3 is 5.32 Å². The summed E-state index contributed by atoms with van der Waals surface area (Å²) in [5.74, 6) is -0.0629. The maximum Gasteiger partial charge on any atom is 0.251 e. The number of hydrogen-bond acceptors (Lipinski definition) is 1. The lowest BCUT2D eigenvalue weighted by molar-refractivity contribution is 0.0963. The summed E-state index contributed by atoms with van der Waals surface area (Å²) >= 11 is 5.55. The second-order valence-electron chi connectivity index (χ2n) is 2.21. The highest BCUT2D eigenvalue weighted by molar-refractivity contribution is 14.1. The molecule has 1 aromatic rings. The first-order chi connectivity index (χ1) is 5.65. The summed E-state index contributed by atoms with van der Waals surface area (Å²) < 4.78 is 2.05. The van der Waals surface area contributed by atoms with Crippen LogP contribution in [0.4, 0.5) is 0 Å². The van der Waals surface area contributed by atoms with Gasteiger partial charge in [-0.3, -0.25) is 4.79 Å². The average molecular weight is 340 g/mol. The van der Waals surface area contributed by atoms with Crippen LogP contribution in [-0.4, -0.2) is 13.0 Å². The molecular formula is C8H7BrINO. The fourth-order valence-electron chi connectivity index (χ4n) is 0.782. The standard InChI is InChI=1S/C8H7BrINO/c1-11-8(12)5-2-3-7(10)6(9)4-5/h2-4H,1H3,(H,11,12). The molecule has 12 heavy (non-hydrogen) atoms. The monoisotopic (exact) mass is 339 g/mol. The molecule has 1 aromatic carbocycles. The van der Waals surface area contributed by atoms with Crippen LogP contribution in [0.2, 0.25) is 0 Å². The van der Waals surface area contributed by atoms with Gasteiger partial charge in [-0.15, -0.1) is 0 Å². The van der Waals surface area contributed by atoms with Gasteiger partial charge in [-0.2, -0.15) is 0 Å². The molecule has 0 fully saturated rings. The summed E-state index contributed by atoms with van der Waals surface area (Å²) in [6, 6.07) is 5.50. The maximum absolute atomic E-state index is 11.1. The van der Waals surface area contributed by atoms with Crippen LogP contribution in [0.3, 0.4) is 0 Å². The molecule has 0 saturated heterocycles. The summed E-state index contributed by atoms with van der Waals surface area (Å²) in [4.78, 5) is 11.1. The number of hydrogen-bond donors (Lipinski definition) is 1. The Hall–Kier alpha value is -0.100. The highest BCUT2D eigenvalue weighted by Crippen LogP contribution is 2.19. The van der Waals surface area contributed by atoms with E-state index in [1.165, 1.54) is 0 Å². The third-order valence-electron chi connectivity index (χ3n) is 1.41. The van der Waals surface area contributed by atoms with Crippen molar-refractivity contribution in [1.82, 2.24) is 5.32 Å². The number of rotatable bonds is 1. The van der Waals surface area contributed by atoms with Gasteiger partial charge in [-0.25, -0.2) is 0 Å². The van der Waals surface area contributed by atoms with Crippen LogP contribution in [0.25, 0.3) is 0 Å². The average Bonchev–Trinajstić information content (AvgIpc) is 2.08. The van der Waals surface area contributed by atoms with Crippen LogP contribution in [0.1, 0.15) is 10.4 Å². The highest BCUT2D eigenvalue weighted by atomic mass is 127. The van der Waals surface area contributed by atoms with E-state index in [9.17, 15) is 4.79 Å². The summed E-state index contributed by atoms with van der Waals surface area (Å²) in [5, 5.41) is 2.57. The SMILES string of the molecule is CNC(=O)c1ccc(I)c(Br)c1. The molecule has 0 aliphatic heterocycles. The summed E-state index contributed by atoms with van der Waals surface area (Å²) in [7, 11) is 1.62. The van der Waals surface area contributed by atoms with Gasteiger partial charge in [-0.1, -0.05) is 0 Å². The minimum absolute atomic E-state index is 0.0629. The Morgan fingerprint density at radius 3 is 2.75 bits per heavy atom. The van der Waals surface area contributed by atoms with E-state index in [1.54, 1.807) is 19.2 Å². The van der Waals surface area contributed by atoms with Crippen molar-refractivity contribution >= 4 is 44.4 Å². The molecule has 0 aromatic heterocycles. The van der Waals surface area contributed by atoms with E-state index < -0.39 is 0 Å². The molecule has 0 unspecified atom stereocenters. The predicted molar refractivity (Wildman–Crippen MR) is 60.2 cm³/mol. The largest absolute Gasteiger partial charge is 0.355 e. The van der Waals surface area contributed by atoms with Crippen LogP contribution < -0.4 is 5.32 Å². The van der Waals surface area contributed by atoms with Crippen LogP contribution >= 0.6 is 38.5 Å². The van der Waals surface area contributed by atoms with Gasteiger partial charge in [0.05, 0.1) is 0 Å². The van der Waals surface area contributed by atoms with E-state index in [2.05, 4.69) is 43.8 Å². The van der Waals surface area contributed by atoms with E-state index in [4.69, 9.17) is 0 Å². The van der Waals surface area contributed by atoms with Crippen molar-refractivity contribution in [3.8, 4) is 0 Å². The highest BCUT2D eigenvalue weighted by Gasteiger charge is 2.04. The first kappa shape index (κ1) is 9.98. The van der Waals surface area contributed by atoms with E-state index in [1.807, 2.05) is 6.07 Å². The minimum Gasteiger partial charge on any atom is -0.355 e. The van der Waals surface area contributed by atoms with Gasteiger partial charge in [0, 0.05) is 20.7 Å². The smallest absolute Gasteiger partial charge is 0.251 e. The van der Waals surface area contributed by atoms with Crippen LogP contribution in [0.5, 0.6) is 0 Å². The first-order valence-corrected chi connectivity index (χ1v) is 5.19. The molecule has 1 N–H and O–H groups in total. The Balaban J connectivity index is 3.05. The minimum atomic E-state index is -0.0629. The van der Waals surface area contributed by atoms with Crippen molar-refractivity contribution in [2.75, 3.05) is 7.05 Å². The van der Waals surface area contributed by atoms with Gasteiger partial charge in [0.1, 0.15) is 0 Å². The second-order valence-corrected chi connectivity index (χ2v) is 4.22. The van der Waals surface area contributed by atoms with E-state index >= 15 is 0 Å². The number of carbonyl (C=O) groups excluding carboxylic acids is 1. The van der Waals surface area contributed by atoms with Crippen molar-refractivity contribution in [3.63, 3.8) is 0 Å². The zero-order valence-electron chi connectivity index (χ0n) is 6.40. The quantitative estimate of drug-likeness (QED) is 0.782. The molecule has 0 atom stereocenters. The Kier molecular flexibility index (Phi) is 3.52. The second kappa shape index (κ2) is 4.23. The number of benzene rings is 1. The fraction of sp³-hybridized carbons (Fsp3) is 0.125. The molecule has 1 amide bonds. The topological polar surface area (TPSA) is 29.1 Å². The van der Waals surface area contributed by atoms with Crippen LogP contribution in [0.15, 0.2) is 22.7 Å². The molecule has 0 radical (unpaired) electrons. The lowest BCUT2D eigenvalue weighted by Gasteiger charge is -2.01. The maximum atomic E-state index is 11.1. The molecule has 64 valence electrons. The fourth-order valence-corrected chi connectivity index (χ4v) is 1.50. The number of carbonyl (C=O) groups is 1. The summed E-state index contributed by atoms with van der Waals surface area (Å²) in [6.45, 7) is 0. The van der Waals surface area contributed by atoms with Gasteiger partial charge in [0.2, 0.25) is 0 Å². The third kappa shape index (κ3) is 2.20. The van der Waals surface area contributed by atoms with Crippen molar-refractivity contribution in [2.45, 2.75) is 0 Å². The Bertz CT molecular complexity index is 314. The normalized spacial score (nSPS) is 9.58. The predicted octanol–water partition coefficient (Wildman–Crippen LogP) is 2.41. The van der Waals surface area contributed by atoms with Gasteiger partial charge in [0.25, 0.3) is 5.91 Å². The van der Waals surface area contributed by atoms with Crippen LogP contribution in [-0.2, 0) is 0 Å². The molecule has 0 aliphatic rings. The molecule has 0 spiro atoms. The van der Waals surface area contributed by atoms with Crippen molar-refractivity contribution in [1.29, 1.82) is 0 Å². The molecule has 0 bridgehead atoms. The molecule has 4 heteroatoms. The van der Waals surface area contributed by atoms with Gasteiger partial charge >= 0.3 is 0 Å². The van der Waals surface area contributed by atoms with E-state index in [0.29, 0.717) is 5.56 Å². The third-order valence-corrected chi connectivity index (χ3v) is 3.75. The molecular weight excluding hydrogens is 333 g/mol. The van der Waals surface area contributed by atoms with Crippen molar-refractivity contribution in [3.05, 3.63) is 31.8 Å².